The van der Waals surface area contributed by atoms with E-state index in [-0.39, 0.29) is 35.7 Å². The van der Waals surface area contributed by atoms with Crippen LogP contribution < -0.4 is 26.0 Å². The fraction of sp³-hybridized carbons (Fsp3) is 0.447. The van der Waals surface area contributed by atoms with Crippen molar-refractivity contribution in [2.45, 2.75) is 97.3 Å². The summed E-state index contributed by atoms with van der Waals surface area (Å²) in [6.45, 7) is 13.1. The number of aryl methyl sites for hydroxylation is 2. The minimum atomic E-state index is -0.276. The summed E-state index contributed by atoms with van der Waals surface area (Å²) in [6, 6.07) is 23.9. The molecule has 0 saturated carbocycles. The Morgan fingerprint density at radius 2 is 1.62 bits per heavy atom. The van der Waals surface area contributed by atoms with Crippen LogP contribution in [-0.4, -0.2) is 79.6 Å². The fourth-order valence-corrected chi connectivity index (χ4v) is 9.15. The number of imide groups is 1. The Hall–Kier alpha value is -5.26. The summed E-state index contributed by atoms with van der Waals surface area (Å²) in [7, 11) is 2.18. The lowest BCUT2D eigenvalue weighted by molar-refractivity contribution is -0.134. The van der Waals surface area contributed by atoms with Crippen molar-refractivity contribution in [2.24, 2.45) is 0 Å². The number of nitrogens with one attached hydrogen (secondary N) is 3. The number of ether oxygens (including phenoxy) is 1. The van der Waals surface area contributed by atoms with Crippen LogP contribution >= 0.6 is 0 Å². The van der Waals surface area contributed by atoms with Gasteiger partial charge in [0.05, 0.1) is 5.92 Å². The molecule has 0 radical (unpaired) electrons. The second-order valence-corrected chi connectivity index (χ2v) is 16.4. The van der Waals surface area contributed by atoms with E-state index in [1.54, 1.807) is 0 Å². The highest BCUT2D eigenvalue weighted by Crippen LogP contribution is 2.35. The van der Waals surface area contributed by atoms with Gasteiger partial charge in [0.15, 0.2) is 0 Å². The number of benzene rings is 3. The first-order valence-electron chi connectivity index (χ1n) is 20.9. The SMILES string of the molecule is CCN(c1cc(-c2ccc(N3CCC(N(C)Cc4cccc(C5CCC(=O)NC5=O)c4)CC3)cc2)cc(C(=O)NCc2c(C)cc(C)[nH]c2=O)c1C)C1CCOCC1. The van der Waals surface area contributed by atoms with E-state index in [4.69, 9.17) is 4.74 Å². The van der Waals surface area contributed by atoms with Gasteiger partial charge >= 0.3 is 0 Å². The van der Waals surface area contributed by atoms with E-state index in [1.165, 1.54) is 11.3 Å². The number of piperidine rings is 2. The van der Waals surface area contributed by atoms with Gasteiger partial charge in [-0.3, -0.25) is 29.4 Å². The maximum atomic E-state index is 14.0. The van der Waals surface area contributed by atoms with Crippen molar-refractivity contribution >= 4 is 29.1 Å². The lowest BCUT2D eigenvalue weighted by Gasteiger charge is -2.38. The van der Waals surface area contributed by atoms with Gasteiger partial charge in [-0.25, -0.2) is 0 Å². The molecule has 306 valence electrons. The number of carbonyl (C=O) groups is 3. The average Bonchev–Trinajstić information content (AvgIpc) is 3.22. The molecule has 3 saturated heterocycles. The second-order valence-electron chi connectivity index (χ2n) is 16.4. The van der Waals surface area contributed by atoms with Crippen LogP contribution in [0.15, 0.2) is 71.5 Å². The normalized spacial score (nSPS) is 18.0. The van der Waals surface area contributed by atoms with Crippen LogP contribution in [0, 0.1) is 20.8 Å². The minimum Gasteiger partial charge on any atom is -0.381 e. The van der Waals surface area contributed by atoms with Crippen molar-refractivity contribution in [3.05, 3.63) is 116 Å². The molecule has 0 bridgehead atoms. The Bertz CT molecular complexity index is 2180. The first-order valence-corrected chi connectivity index (χ1v) is 20.9. The van der Waals surface area contributed by atoms with E-state index in [1.807, 2.05) is 45.0 Å². The molecule has 0 aliphatic carbocycles. The number of anilines is 2. The number of aromatic amines is 1. The predicted molar refractivity (Wildman–Crippen MR) is 229 cm³/mol. The largest absolute Gasteiger partial charge is 0.381 e. The van der Waals surface area contributed by atoms with Crippen molar-refractivity contribution < 1.29 is 19.1 Å². The molecule has 11 heteroatoms. The zero-order valence-corrected chi connectivity index (χ0v) is 34.7. The summed E-state index contributed by atoms with van der Waals surface area (Å²) >= 11 is 0. The molecule has 3 aliphatic rings. The van der Waals surface area contributed by atoms with Gasteiger partial charge in [-0.15, -0.1) is 0 Å². The molecule has 1 aromatic heterocycles. The molecule has 3 amide bonds. The number of hydrogen-bond donors (Lipinski definition) is 3. The highest BCUT2D eigenvalue weighted by molar-refractivity contribution is 6.01. The molecular formula is C47H58N6O5. The standard InChI is InChI=1S/C47H58N6O5/c1-6-53(39-18-22-58-23-19-39)43-27-36(26-41(32(43)4)45(55)48-28-42-30(2)24-31(3)49-47(42)57)34-10-12-38(13-11-34)52-20-16-37(17-21-52)51(5)29-33-8-7-9-35(25-33)40-14-15-44(54)50-46(40)56/h7-13,24-27,37,39-40H,6,14-23,28-29H2,1-5H3,(H,48,55)(H,49,57)(H,50,54,56). The van der Waals surface area contributed by atoms with E-state index in [0.29, 0.717) is 36.1 Å². The topological polar surface area (TPSA) is 127 Å². The molecule has 3 N–H and O–H groups in total. The molecule has 1 atom stereocenters. The Morgan fingerprint density at radius 1 is 0.879 bits per heavy atom. The number of H-pyrrole nitrogens is 1. The van der Waals surface area contributed by atoms with Crippen LogP contribution in [-0.2, 0) is 27.4 Å². The number of amides is 3. The van der Waals surface area contributed by atoms with Crippen molar-refractivity contribution in [1.29, 1.82) is 0 Å². The van der Waals surface area contributed by atoms with Crippen LogP contribution in [0.5, 0.6) is 0 Å². The third kappa shape index (κ3) is 9.21. The molecule has 7 rings (SSSR count). The van der Waals surface area contributed by atoms with Gasteiger partial charge in [-0.2, -0.15) is 0 Å². The summed E-state index contributed by atoms with van der Waals surface area (Å²) in [5, 5.41) is 5.55. The minimum absolute atomic E-state index is 0.148. The van der Waals surface area contributed by atoms with Crippen LogP contribution in [0.3, 0.4) is 0 Å². The number of aromatic nitrogens is 1. The molecule has 0 spiro atoms. The van der Waals surface area contributed by atoms with Gasteiger partial charge in [0.1, 0.15) is 0 Å². The zero-order chi connectivity index (χ0) is 40.9. The molecule has 3 fully saturated rings. The lowest BCUT2D eigenvalue weighted by Crippen LogP contribution is -2.43. The van der Waals surface area contributed by atoms with Crippen molar-refractivity contribution in [1.82, 2.24) is 20.5 Å². The first kappa shape index (κ1) is 40.9. The summed E-state index contributed by atoms with van der Waals surface area (Å²) in [5.41, 5.74) is 9.99. The average molecular weight is 787 g/mol. The Kier molecular flexibility index (Phi) is 12.8. The van der Waals surface area contributed by atoms with Gasteiger partial charge in [-0.1, -0.05) is 36.4 Å². The smallest absolute Gasteiger partial charge is 0.253 e. The molecular weight excluding hydrogens is 729 g/mol. The monoisotopic (exact) mass is 786 g/mol. The van der Waals surface area contributed by atoms with E-state index in [9.17, 15) is 19.2 Å². The van der Waals surface area contributed by atoms with Gasteiger partial charge in [-0.05, 0) is 131 Å². The molecule has 4 heterocycles. The molecule has 3 aliphatic heterocycles. The van der Waals surface area contributed by atoms with Crippen LogP contribution in [0.2, 0.25) is 0 Å². The third-order valence-electron chi connectivity index (χ3n) is 12.5. The van der Waals surface area contributed by atoms with Crippen LogP contribution in [0.4, 0.5) is 11.4 Å². The number of pyridine rings is 1. The number of carbonyl (C=O) groups excluding carboxylic acids is 3. The van der Waals surface area contributed by atoms with Crippen molar-refractivity contribution in [3.8, 4) is 11.1 Å². The predicted octanol–water partition coefficient (Wildman–Crippen LogP) is 6.52. The van der Waals surface area contributed by atoms with Crippen LogP contribution in [0.1, 0.15) is 95.2 Å². The Morgan fingerprint density at radius 3 is 2.31 bits per heavy atom. The number of rotatable bonds is 12. The zero-order valence-electron chi connectivity index (χ0n) is 34.7. The quantitative estimate of drug-likeness (QED) is 0.139. The maximum Gasteiger partial charge on any atom is 0.253 e. The molecule has 4 aromatic rings. The third-order valence-corrected chi connectivity index (χ3v) is 12.5. The number of nitrogens with zero attached hydrogens (tertiary/aromatic N) is 3. The summed E-state index contributed by atoms with van der Waals surface area (Å²) in [6.07, 6.45) is 4.89. The first-order chi connectivity index (χ1) is 28.0. The molecule has 1 unspecified atom stereocenters. The summed E-state index contributed by atoms with van der Waals surface area (Å²) < 4.78 is 5.70. The number of hydrogen-bond acceptors (Lipinski definition) is 8. The van der Waals surface area contributed by atoms with Crippen LogP contribution in [0.25, 0.3) is 11.1 Å². The van der Waals surface area contributed by atoms with Gasteiger partial charge < -0.3 is 24.8 Å². The second kappa shape index (κ2) is 18.1. The Labute approximate surface area is 342 Å². The molecule has 3 aromatic carbocycles. The fourth-order valence-electron chi connectivity index (χ4n) is 9.15. The van der Waals surface area contributed by atoms with Crippen molar-refractivity contribution in [3.63, 3.8) is 0 Å². The van der Waals surface area contributed by atoms with E-state index < -0.39 is 0 Å². The summed E-state index contributed by atoms with van der Waals surface area (Å²) in [5.74, 6) is -0.863. The van der Waals surface area contributed by atoms with E-state index >= 15 is 0 Å². The van der Waals surface area contributed by atoms with E-state index in [0.717, 1.165) is 104 Å². The van der Waals surface area contributed by atoms with Gasteiger partial charge in [0.25, 0.3) is 11.5 Å². The van der Waals surface area contributed by atoms with Gasteiger partial charge in [0.2, 0.25) is 11.8 Å². The summed E-state index contributed by atoms with van der Waals surface area (Å²) in [4.78, 5) is 61.1. The maximum absolute atomic E-state index is 14.0. The molecule has 58 heavy (non-hydrogen) atoms. The highest BCUT2D eigenvalue weighted by Gasteiger charge is 2.29. The van der Waals surface area contributed by atoms with E-state index in [2.05, 4.69) is 86.8 Å². The lowest BCUT2D eigenvalue weighted by atomic mass is 9.89. The molecule has 11 nitrogen and oxygen atoms in total. The Balaban J connectivity index is 1.05. The van der Waals surface area contributed by atoms with Gasteiger partial charge in [0, 0.05) is 92.6 Å². The highest BCUT2D eigenvalue weighted by atomic mass is 16.5. The van der Waals surface area contributed by atoms with Crippen molar-refractivity contribution in [2.75, 3.05) is 49.7 Å².